The standard InChI is InChI=1S/C19H32N4O3.ClH/c1-13-11-20-9-10-22(13)15(24)12-23-16(25)19(21-17(23)26)7-5-14(6-8-19)18(2,3)4;/h13-14,20H,5-12H2,1-4H3,(H,21,26);1H/t13-,14?,19?;/m0./s1. The molecule has 0 aromatic heterocycles. The molecule has 1 aliphatic carbocycles. The van der Waals surface area contributed by atoms with E-state index in [1.165, 1.54) is 0 Å². The molecule has 1 atom stereocenters. The van der Waals surface area contributed by atoms with Gasteiger partial charge in [-0.15, -0.1) is 12.4 Å². The largest absolute Gasteiger partial charge is 0.336 e. The van der Waals surface area contributed by atoms with Crippen LogP contribution in [0, 0.1) is 11.3 Å². The second-order valence-corrected chi connectivity index (χ2v) is 9.18. The Balaban J connectivity index is 0.00000261. The van der Waals surface area contributed by atoms with Crippen LogP contribution in [0.3, 0.4) is 0 Å². The lowest BCUT2D eigenvalue weighted by Gasteiger charge is -2.40. The fourth-order valence-electron chi connectivity index (χ4n) is 4.57. The number of nitrogens with zero attached hydrogens (tertiary/aromatic N) is 2. The Morgan fingerprint density at radius 2 is 1.85 bits per heavy atom. The first-order chi connectivity index (χ1) is 12.1. The smallest absolute Gasteiger partial charge is 0.325 e. The van der Waals surface area contributed by atoms with Crippen molar-refractivity contribution in [2.75, 3.05) is 26.2 Å². The van der Waals surface area contributed by atoms with Crippen LogP contribution in [0.25, 0.3) is 0 Å². The molecule has 2 saturated heterocycles. The van der Waals surface area contributed by atoms with Crippen molar-refractivity contribution in [3.63, 3.8) is 0 Å². The van der Waals surface area contributed by atoms with Gasteiger partial charge in [-0.05, 0) is 43.9 Å². The van der Waals surface area contributed by atoms with Gasteiger partial charge in [0.1, 0.15) is 12.1 Å². The van der Waals surface area contributed by atoms with Crippen LogP contribution >= 0.6 is 12.4 Å². The van der Waals surface area contributed by atoms with E-state index in [2.05, 4.69) is 31.4 Å². The summed E-state index contributed by atoms with van der Waals surface area (Å²) in [6, 6.07) is -0.339. The van der Waals surface area contributed by atoms with Gasteiger partial charge >= 0.3 is 6.03 Å². The number of carbonyl (C=O) groups excluding carboxylic acids is 3. The van der Waals surface area contributed by atoms with Gasteiger partial charge in [0.05, 0.1) is 0 Å². The van der Waals surface area contributed by atoms with Crippen molar-refractivity contribution < 1.29 is 14.4 Å². The summed E-state index contributed by atoms with van der Waals surface area (Å²) >= 11 is 0. The zero-order valence-electron chi connectivity index (χ0n) is 16.8. The Bertz CT molecular complexity index is 596. The predicted molar refractivity (Wildman–Crippen MR) is 106 cm³/mol. The molecule has 7 nitrogen and oxygen atoms in total. The molecule has 2 heterocycles. The molecule has 27 heavy (non-hydrogen) atoms. The van der Waals surface area contributed by atoms with E-state index in [4.69, 9.17) is 0 Å². The van der Waals surface area contributed by atoms with E-state index < -0.39 is 11.6 Å². The van der Waals surface area contributed by atoms with Gasteiger partial charge in [-0.2, -0.15) is 0 Å². The molecule has 2 N–H and O–H groups in total. The minimum atomic E-state index is -0.797. The summed E-state index contributed by atoms with van der Waals surface area (Å²) in [7, 11) is 0. The maximum Gasteiger partial charge on any atom is 0.325 e. The molecule has 4 amide bonds. The van der Waals surface area contributed by atoms with Gasteiger partial charge in [0.2, 0.25) is 5.91 Å². The Morgan fingerprint density at radius 1 is 1.22 bits per heavy atom. The summed E-state index contributed by atoms with van der Waals surface area (Å²) < 4.78 is 0. The van der Waals surface area contributed by atoms with Gasteiger partial charge in [0.15, 0.2) is 0 Å². The van der Waals surface area contributed by atoms with Crippen LogP contribution in [0.5, 0.6) is 0 Å². The number of imide groups is 1. The number of hydrogen-bond donors (Lipinski definition) is 2. The topological polar surface area (TPSA) is 81.8 Å². The predicted octanol–water partition coefficient (Wildman–Crippen LogP) is 1.76. The van der Waals surface area contributed by atoms with Crippen molar-refractivity contribution in [1.82, 2.24) is 20.4 Å². The van der Waals surface area contributed by atoms with Gasteiger partial charge in [-0.25, -0.2) is 4.79 Å². The molecule has 0 aromatic carbocycles. The highest BCUT2D eigenvalue weighted by Crippen LogP contribution is 2.43. The van der Waals surface area contributed by atoms with Crippen LogP contribution in [0.2, 0.25) is 0 Å². The van der Waals surface area contributed by atoms with E-state index in [0.717, 1.165) is 30.8 Å². The van der Waals surface area contributed by atoms with Crippen LogP contribution in [0.15, 0.2) is 0 Å². The van der Waals surface area contributed by atoms with Crippen molar-refractivity contribution in [2.24, 2.45) is 11.3 Å². The molecule has 3 fully saturated rings. The fourth-order valence-corrected chi connectivity index (χ4v) is 4.57. The summed E-state index contributed by atoms with van der Waals surface area (Å²) in [5.41, 5.74) is -0.588. The lowest BCUT2D eigenvalue weighted by atomic mass is 9.67. The van der Waals surface area contributed by atoms with Crippen LogP contribution in [-0.2, 0) is 9.59 Å². The number of hydrogen-bond acceptors (Lipinski definition) is 4. The second kappa shape index (κ2) is 7.95. The highest BCUT2D eigenvalue weighted by Gasteiger charge is 2.53. The number of rotatable bonds is 2. The highest BCUT2D eigenvalue weighted by molar-refractivity contribution is 6.09. The van der Waals surface area contributed by atoms with Gasteiger partial charge in [0, 0.05) is 25.7 Å². The Morgan fingerprint density at radius 3 is 2.41 bits per heavy atom. The van der Waals surface area contributed by atoms with Crippen molar-refractivity contribution in [3.8, 4) is 0 Å². The number of carbonyl (C=O) groups is 3. The molecule has 0 bridgehead atoms. The molecular weight excluding hydrogens is 368 g/mol. The third-order valence-electron chi connectivity index (χ3n) is 6.42. The molecule has 2 aliphatic heterocycles. The third-order valence-corrected chi connectivity index (χ3v) is 6.42. The Labute approximate surface area is 168 Å². The number of nitrogens with one attached hydrogen (secondary N) is 2. The zero-order valence-corrected chi connectivity index (χ0v) is 17.7. The summed E-state index contributed by atoms with van der Waals surface area (Å²) in [5.74, 6) is 0.184. The molecule has 154 valence electrons. The quantitative estimate of drug-likeness (QED) is 0.692. The average Bonchev–Trinajstić information content (AvgIpc) is 2.79. The minimum absolute atomic E-state index is 0. The van der Waals surface area contributed by atoms with E-state index in [-0.39, 0.29) is 42.2 Å². The molecule has 3 rings (SSSR count). The van der Waals surface area contributed by atoms with Crippen LogP contribution in [0.4, 0.5) is 4.79 Å². The first-order valence-electron chi connectivity index (χ1n) is 9.78. The van der Waals surface area contributed by atoms with Crippen molar-refractivity contribution >= 4 is 30.3 Å². The molecular formula is C19H33ClN4O3. The lowest BCUT2D eigenvalue weighted by molar-refractivity contribution is -0.141. The van der Waals surface area contributed by atoms with Crippen molar-refractivity contribution in [1.29, 1.82) is 0 Å². The maximum atomic E-state index is 13.0. The van der Waals surface area contributed by atoms with Gasteiger partial charge < -0.3 is 15.5 Å². The van der Waals surface area contributed by atoms with Crippen molar-refractivity contribution in [2.45, 2.75) is 65.0 Å². The fraction of sp³-hybridized carbons (Fsp3) is 0.842. The Kier molecular flexibility index (Phi) is 6.47. The number of amides is 4. The summed E-state index contributed by atoms with van der Waals surface area (Å²) in [6.45, 7) is 10.6. The Hall–Kier alpha value is -1.34. The molecule has 0 unspecified atom stereocenters. The zero-order chi connectivity index (χ0) is 19.1. The summed E-state index contributed by atoms with van der Waals surface area (Å²) in [5, 5.41) is 6.15. The number of halogens is 1. The SMILES string of the molecule is C[C@H]1CNCCN1C(=O)CN1C(=O)NC2(CCC(C(C)(C)C)CC2)C1=O.Cl. The second-order valence-electron chi connectivity index (χ2n) is 9.18. The monoisotopic (exact) mass is 400 g/mol. The van der Waals surface area contributed by atoms with E-state index in [9.17, 15) is 14.4 Å². The third kappa shape index (κ3) is 4.24. The highest BCUT2D eigenvalue weighted by atomic mass is 35.5. The van der Waals surface area contributed by atoms with E-state index in [0.29, 0.717) is 25.3 Å². The number of piperazine rings is 1. The molecule has 0 aromatic rings. The molecule has 3 aliphatic rings. The number of urea groups is 1. The molecule has 1 saturated carbocycles. The minimum Gasteiger partial charge on any atom is -0.336 e. The molecule has 1 spiro atoms. The van der Waals surface area contributed by atoms with Gasteiger partial charge in [-0.1, -0.05) is 20.8 Å². The normalized spacial score (nSPS) is 31.7. The van der Waals surface area contributed by atoms with Gasteiger partial charge in [-0.3, -0.25) is 14.5 Å². The van der Waals surface area contributed by atoms with Crippen LogP contribution < -0.4 is 10.6 Å². The lowest BCUT2D eigenvalue weighted by Crippen LogP contribution is -2.55. The first-order valence-corrected chi connectivity index (χ1v) is 9.78. The molecule has 8 heteroatoms. The first kappa shape index (κ1) is 22.0. The van der Waals surface area contributed by atoms with E-state index in [1.54, 1.807) is 4.90 Å². The van der Waals surface area contributed by atoms with E-state index in [1.807, 2.05) is 6.92 Å². The van der Waals surface area contributed by atoms with Crippen molar-refractivity contribution in [3.05, 3.63) is 0 Å². The van der Waals surface area contributed by atoms with Crippen LogP contribution in [-0.4, -0.2) is 65.4 Å². The van der Waals surface area contributed by atoms with Crippen LogP contribution in [0.1, 0.15) is 53.4 Å². The summed E-state index contributed by atoms with van der Waals surface area (Å²) in [6.07, 6.45) is 3.17. The maximum absolute atomic E-state index is 13.0. The summed E-state index contributed by atoms with van der Waals surface area (Å²) in [4.78, 5) is 41.0. The molecule has 0 radical (unpaired) electrons. The average molecular weight is 401 g/mol. The van der Waals surface area contributed by atoms with E-state index >= 15 is 0 Å². The van der Waals surface area contributed by atoms with Gasteiger partial charge in [0.25, 0.3) is 5.91 Å².